The normalized spacial score (nSPS) is 28.8. The summed E-state index contributed by atoms with van der Waals surface area (Å²) in [6, 6.07) is 10.1. The number of likely N-dealkylation sites (tertiary alicyclic amines) is 1. The Kier molecular flexibility index (Phi) is 4.63. The first-order chi connectivity index (χ1) is 11.6. The number of carbonyl (C=O) groups is 2. The van der Waals surface area contributed by atoms with Gasteiger partial charge in [0, 0.05) is 19.6 Å². The molecule has 0 bridgehead atoms. The molecule has 2 aliphatic rings. The van der Waals surface area contributed by atoms with E-state index in [0.29, 0.717) is 39.1 Å². The predicted octanol–water partition coefficient (Wildman–Crippen LogP) is 2.40. The van der Waals surface area contributed by atoms with Crippen LogP contribution in [0.4, 0.5) is 0 Å². The zero-order chi connectivity index (χ0) is 17.2. The molecule has 2 fully saturated rings. The Labute approximate surface area is 142 Å². The van der Waals surface area contributed by atoms with Gasteiger partial charge in [-0.05, 0) is 32.3 Å². The highest BCUT2D eigenvalue weighted by molar-refractivity contribution is 5.92. The van der Waals surface area contributed by atoms with E-state index in [2.05, 4.69) is 17.0 Å². The van der Waals surface area contributed by atoms with Gasteiger partial charge in [-0.15, -0.1) is 0 Å². The van der Waals surface area contributed by atoms with E-state index in [-0.39, 0.29) is 11.9 Å². The van der Waals surface area contributed by atoms with Crippen LogP contribution in [0, 0.1) is 10.8 Å². The first-order valence-corrected chi connectivity index (χ1v) is 8.69. The molecule has 1 aliphatic heterocycles. The fourth-order valence-corrected chi connectivity index (χ4v) is 4.22. The van der Waals surface area contributed by atoms with Crippen LogP contribution < -0.4 is 0 Å². The molecule has 0 radical (unpaired) electrons. The standard InChI is InChI=1S/C19H25NO4/c1-3-23-16(21)18-10-11-19(18,17(22)24-4-2)14-20(13-18)12-15-8-6-5-7-9-15/h5-9H,3-4,10-14H2,1-2H3. The summed E-state index contributed by atoms with van der Waals surface area (Å²) in [5.74, 6) is -0.500. The van der Waals surface area contributed by atoms with Crippen LogP contribution in [0.15, 0.2) is 30.3 Å². The predicted molar refractivity (Wildman–Crippen MR) is 89.1 cm³/mol. The molecule has 2 atom stereocenters. The van der Waals surface area contributed by atoms with E-state index in [1.54, 1.807) is 13.8 Å². The molecule has 5 nitrogen and oxygen atoms in total. The van der Waals surface area contributed by atoms with Gasteiger partial charge in [-0.3, -0.25) is 14.5 Å². The van der Waals surface area contributed by atoms with Crippen LogP contribution in [0.5, 0.6) is 0 Å². The summed E-state index contributed by atoms with van der Waals surface area (Å²) in [5, 5.41) is 0. The Morgan fingerprint density at radius 1 is 0.958 bits per heavy atom. The summed E-state index contributed by atoms with van der Waals surface area (Å²) in [6.45, 7) is 6.10. The van der Waals surface area contributed by atoms with Crippen LogP contribution in [-0.4, -0.2) is 43.1 Å². The van der Waals surface area contributed by atoms with Crippen molar-refractivity contribution < 1.29 is 19.1 Å². The van der Waals surface area contributed by atoms with Crippen molar-refractivity contribution in [2.45, 2.75) is 33.2 Å². The number of ether oxygens (including phenoxy) is 2. The molecule has 0 aromatic heterocycles. The fraction of sp³-hybridized carbons (Fsp3) is 0.579. The molecule has 2 unspecified atom stereocenters. The maximum absolute atomic E-state index is 12.7. The van der Waals surface area contributed by atoms with Crippen LogP contribution >= 0.6 is 0 Å². The summed E-state index contributed by atoms with van der Waals surface area (Å²) in [6.07, 6.45) is 1.38. The van der Waals surface area contributed by atoms with Crippen LogP contribution in [0.25, 0.3) is 0 Å². The second-order valence-corrected chi connectivity index (χ2v) is 6.74. The summed E-state index contributed by atoms with van der Waals surface area (Å²) >= 11 is 0. The molecule has 1 saturated carbocycles. The van der Waals surface area contributed by atoms with Gasteiger partial charge in [0.05, 0.1) is 24.0 Å². The Balaban J connectivity index is 1.85. The molecular formula is C19H25NO4. The molecular weight excluding hydrogens is 306 g/mol. The Hall–Kier alpha value is -1.88. The van der Waals surface area contributed by atoms with E-state index >= 15 is 0 Å². The number of carbonyl (C=O) groups excluding carboxylic acids is 2. The van der Waals surface area contributed by atoms with Gasteiger partial charge in [0.2, 0.25) is 0 Å². The first-order valence-electron chi connectivity index (χ1n) is 8.69. The lowest BCUT2D eigenvalue weighted by Crippen LogP contribution is -2.60. The molecule has 0 spiro atoms. The average molecular weight is 331 g/mol. The molecule has 1 saturated heterocycles. The van der Waals surface area contributed by atoms with Crippen LogP contribution in [0.1, 0.15) is 32.3 Å². The van der Waals surface area contributed by atoms with E-state index < -0.39 is 10.8 Å². The molecule has 5 heteroatoms. The minimum Gasteiger partial charge on any atom is -0.465 e. The third-order valence-corrected chi connectivity index (χ3v) is 5.46. The first kappa shape index (κ1) is 17.0. The molecule has 1 heterocycles. The highest BCUT2D eigenvalue weighted by Gasteiger charge is 2.73. The fourth-order valence-electron chi connectivity index (χ4n) is 4.22. The smallest absolute Gasteiger partial charge is 0.314 e. The van der Waals surface area contributed by atoms with Crippen LogP contribution in [-0.2, 0) is 25.6 Å². The van der Waals surface area contributed by atoms with Crippen molar-refractivity contribution in [1.82, 2.24) is 4.90 Å². The number of benzene rings is 1. The lowest BCUT2D eigenvalue weighted by Gasteiger charge is -2.49. The topological polar surface area (TPSA) is 55.8 Å². The number of rotatable bonds is 6. The van der Waals surface area contributed by atoms with Gasteiger partial charge in [0.1, 0.15) is 0 Å². The van der Waals surface area contributed by atoms with Gasteiger partial charge >= 0.3 is 11.9 Å². The van der Waals surface area contributed by atoms with E-state index in [1.165, 1.54) is 5.56 Å². The van der Waals surface area contributed by atoms with Crippen LogP contribution in [0.2, 0.25) is 0 Å². The Morgan fingerprint density at radius 3 is 1.88 bits per heavy atom. The minimum atomic E-state index is -0.746. The van der Waals surface area contributed by atoms with Gasteiger partial charge in [0.15, 0.2) is 0 Å². The number of hydrogen-bond acceptors (Lipinski definition) is 5. The number of esters is 2. The quantitative estimate of drug-likeness (QED) is 0.749. The van der Waals surface area contributed by atoms with Crippen molar-refractivity contribution in [3.63, 3.8) is 0 Å². The molecule has 3 rings (SSSR count). The van der Waals surface area contributed by atoms with Gasteiger partial charge < -0.3 is 9.47 Å². The van der Waals surface area contributed by atoms with Gasteiger partial charge in [-0.25, -0.2) is 0 Å². The van der Waals surface area contributed by atoms with Crippen molar-refractivity contribution in [2.75, 3.05) is 26.3 Å². The zero-order valence-corrected chi connectivity index (χ0v) is 14.4. The van der Waals surface area contributed by atoms with E-state index in [1.807, 2.05) is 18.2 Å². The minimum absolute atomic E-state index is 0.250. The lowest BCUT2D eigenvalue weighted by atomic mass is 9.51. The van der Waals surface area contributed by atoms with Gasteiger partial charge in [0.25, 0.3) is 0 Å². The van der Waals surface area contributed by atoms with Crippen LogP contribution in [0.3, 0.4) is 0 Å². The summed E-state index contributed by atoms with van der Waals surface area (Å²) in [5.41, 5.74) is -0.314. The maximum atomic E-state index is 12.7. The number of fused-ring (bicyclic) bond motifs is 1. The molecule has 1 aromatic rings. The van der Waals surface area contributed by atoms with Crippen molar-refractivity contribution in [3.8, 4) is 0 Å². The summed E-state index contributed by atoms with van der Waals surface area (Å²) in [7, 11) is 0. The van der Waals surface area contributed by atoms with Crippen molar-refractivity contribution in [2.24, 2.45) is 10.8 Å². The Morgan fingerprint density at radius 2 is 1.46 bits per heavy atom. The van der Waals surface area contributed by atoms with E-state index in [4.69, 9.17) is 9.47 Å². The van der Waals surface area contributed by atoms with Crippen molar-refractivity contribution >= 4 is 11.9 Å². The summed E-state index contributed by atoms with van der Waals surface area (Å²) in [4.78, 5) is 27.6. The SMILES string of the molecule is CCOC(=O)C12CCC1(C(=O)OCC)CN(Cc1ccccc1)C2. The van der Waals surface area contributed by atoms with Gasteiger partial charge in [-0.1, -0.05) is 30.3 Å². The zero-order valence-electron chi connectivity index (χ0n) is 14.4. The van der Waals surface area contributed by atoms with Gasteiger partial charge in [-0.2, -0.15) is 0 Å². The molecule has 0 amide bonds. The summed E-state index contributed by atoms with van der Waals surface area (Å²) < 4.78 is 10.7. The molecule has 24 heavy (non-hydrogen) atoms. The molecule has 0 N–H and O–H groups in total. The third kappa shape index (κ3) is 2.51. The van der Waals surface area contributed by atoms with Crippen molar-refractivity contribution in [1.29, 1.82) is 0 Å². The monoisotopic (exact) mass is 331 g/mol. The van der Waals surface area contributed by atoms with Crippen molar-refractivity contribution in [3.05, 3.63) is 35.9 Å². The highest BCUT2D eigenvalue weighted by Crippen LogP contribution is 2.62. The molecule has 130 valence electrons. The number of nitrogens with zero attached hydrogens (tertiary/aromatic N) is 1. The second kappa shape index (κ2) is 6.55. The Bertz CT molecular complexity index is 583. The largest absolute Gasteiger partial charge is 0.465 e. The molecule has 1 aromatic carbocycles. The number of hydrogen-bond donors (Lipinski definition) is 0. The third-order valence-electron chi connectivity index (χ3n) is 5.46. The van der Waals surface area contributed by atoms with E-state index in [9.17, 15) is 9.59 Å². The van der Waals surface area contributed by atoms with E-state index in [0.717, 1.165) is 6.54 Å². The maximum Gasteiger partial charge on any atom is 0.314 e. The average Bonchev–Trinajstić information content (AvgIpc) is 2.78. The highest BCUT2D eigenvalue weighted by atomic mass is 16.5. The lowest BCUT2D eigenvalue weighted by molar-refractivity contribution is -0.190. The second-order valence-electron chi connectivity index (χ2n) is 6.74. The molecule has 1 aliphatic carbocycles.